The summed E-state index contributed by atoms with van der Waals surface area (Å²) in [7, 11) is 1.59. The lowest BCUT2D eigenvalue weighted by Crippen LogP contribution is -2.27. The predicted octanol–water partition coefficient (Wildman–Crippen LogP) is 3.04. The molecule has 0 spiro atoms. The molecule has 3 N–H and O–H groups in total. The van der Waals surface area contributed by atoms with Crippen LogP contribution >= 0.6 is 0 Å². The highest BCUT2D eigenvalue weighted by Gasteiger charge is 2.19. The molecular weight excluding hydrogens is 272 g/mol. The van der Waals surface area contributed by atoms with Crippen LogP contribution in [0, 0.1) is 0 Å². The molecule has 0 saturated heterocycles. The second kappa shape index (κ2) is 7.28. The van der Waals surface area contributed by atoms with Crippen molar-refractivity contribution >= 4 is 11.8 Å². The summed E-state index contributed by atoms with van der Waals surface area (Å²) in [6.07, 6.45) is -0.505. The summed E-state index contributed by atoms with van der Waals surface area (Å²) in [4.78, 5) is 16.6. The maximum absolute atomic E-state index is 11.9. The zero-order valence-electron chi connectivity index (χ0n) is 13.2. The highest BCUT2D eigenvalue weighted by molar-refractivity contribution is 5.86. The standard InChI is InChI=1S/C15H24N2O4/c1-10(9-20-16)12-8-11(19-5)6-7-13(12)17-14(18)21-15(2,3)4/h6-8,10H,9,16H2,1-5H3,(H,17,18). The number of nitrogens with one attached hydrogen (secondary N) is 1. The fourth-order valence-electron chi connectivity index (χ4n) is 1.84. The van der Waals surface area contributed by atoms with Crippen molar-refractivity contribution in [1.82, 2.24) is 0 Å². The van der Waals surface area contributed by atoms with Gasteiger partial charge in [-0.2, -0.15) is 0 Å². The summed E-state index contributed by atoms with van der Waals surface area (Å²) in [6, 6.07) is 5.38. The second-order valence-corrected chi connectivity index (χ2v) is 5.81. The molecule has 1 aromatic carbocycles. The molecule has 1 atom stereocenters. The van der Waals surface area contributed by atoms with Crippen LogP contribution in [0.5, 0.6) is 5.75 Å². The van der Waals surface area contributed by atoms with E-state index in [9.17, 15) is 4.79 Å². The molecule has 0 fully saturated rings. The molecule has 1 unspecified atom stereocenters. The predicted molar refractivity (Wildman–Crippen MR) is 81.4 cm³/mol. The van der Waals surface area contributed by atoms with Crippen LogP contribution in [0.15, 0.2) is 18.2 Å². The first kappa shape index (κ1) is 17.3. The number of carbonyl (C=O) groups excluding carboxylic acids is 1. The Bertz CT molecular complexity index is 483. The molecule has 118 valence electrons. The third kappa shape index (κ3) is 5.61. The minimum Gasteiger partial charge on any atom is -0.497 e. The third-order valence-electron chi connectivity index (χ3n) is 2.77. The molecule has 6 nitrogen and oxygen atoms in total. The molecular formula is C15H24N2O4. The zero-order chi connectivity index (χ0) is 16.0. The van der Waals surface area contributed by atoms with E-state index in [0.717, 1.165) is 5.56 Å². The van der Waals surface area contributed by atoms with E-state index in [1.54, 1.807) is 19.2 Å². The molecule has 6 heteroatoms. The first-order valence-electron chi connectivity index (χ1n) is 6.76. The molecule has 0 aliphatic heterocycles. The van der Waals surface area contributed by atoms with Crippen molar-refractivity contribution in [3.05, 3.63) is 23.8 Å². The van der Waals surface area contributed by atoms with E-state index in [1.165, 1.54) is 0 Å². The first-order chi connectivity index (χ1) is 9.76. The number of hydrogen-bond acceptors (Lipinski definition) is 5. The van der Waals surface area contributed by atoms with Crippen molar-refractivity contribution in [3.63, 3.8) is 0 Å². The van der Waals surface area contributed by atoms with E-state index in [0.29, 0.717) is 18.0 Å². The van der Waals surface area contributed by atoms with Crippen molar-refractivity contribution in [2.45, 2.75) is 39.2 Å². The summed E-state index contributed by atoms with van der Waals surface area (Å²) in [5.74, 6) is 5.82. The Morgan fingerprint density at radius 3 is 2.57 bits per heavy atom. The van der Waals surface area contributed by atoms with Crippen LogP contribution in [-0.4, -0.2) is 25.4 Å². The smallest absolute Gasteiger partial charge is 0.412 e. The first-order valence-corrected chi connectivity index (χ1v) is 6.76. The van der Waals surface area contributed by atoms with Crippen molar-refractivity contribution in [3.8, 4) is 5.75 Å². The van der Waals surface area contributed by atoms with Crippen molar-refractivity contribution in [2.75, 3.05) is 19.0 Å². The molecule has 0 saturated carbocycles. The van der Waals surface area contributed by atoms with Crippen LogP contribution in [0.2, 0.25) is 0 Å². The highest BCUT2D eigenvalue weighted by atomic mass is 16.6. The van der Waals surface area contributed by atoms with Crippen LogP contribution in [0.3, 0.4) is 0 Å². The van der Waals surface area contributed by atoms with E-state index < -0.39 is 11.7 Å². The zero-order valence-corrected chi connectivity index (χ0v) is 13.2. The Balaban J connectivity index is 2.97. The normalized spacial score (nSPS) is 12.7. The maximum atomic E-state index is 11.9. The lowest BCUT2D eigenvalue weighted by molar-refractivity contribution is 0.0635. The number of hydrogen-bond donors (Lipinski definition) is 2. The molecule has 1 amide bonds. The number of rotatable bonds is 5. The Morgan fingerprint density at radius 2 is 2.05 bits per heavy atom. The van der Waals surface area contributed by atoms with E-state index in [1.807, 2.05) is 33.8 Å². The monoisotopic (exact) mass is 296 g/mol. The average Bonchev–Trinajstić information content (AvgIpc) is 2.37. The molecule has 0 aromatic heterocycles. The highest BCUT2D eigenvalue weighted by Crippen LogP contribution is 2.29. The molecule has 21 heavy (non-hydrogen) atoms. The molecule has 0 aliphatic carbocycles. The van der Waals surface area contributed by atoms with Gasteiger partial charge in [0.15, 0.2) is 0 Å². The number of nitrogens with two attached hydrogens (primary N) is 1. The number of methoxy groups -OCH3 is 1. The third-order valence-corrected chi connectivity index (χ3v) is 2.77. The Morgan fingerprint density at radius 1 is 1.38 bits per heavy atom. The molecule has 1 aromatic rings. The Kier molecular flexibility index (Phi) is 5.99. The fraction of sp³-hybridized carbons (Fsp3) is 0.533. The van der Waals surface area contributed by atoms with Crippen molar-refractivity contribution < 1.29 is 19.1 Å². The average molecular weight is 296 g/mol. The number of ether oxygens (including phenoxy) is 2. The largest absolute Gasteiger partial charge is 0.497 e. The lowest BCUT2D eigenvalue weighted by Gasteiger charge is -2.22. The van der Waals surface area contributed by atoms with Gasteiger partial charge in [0, 0.05) is 11.6 Å². The van der Waals surface area contributed by atoms with Gasteiger partial charge >= 0.3 is 6.09 Å². The minimum atomic E-state index is -0.553. The minimum absolute atomic E-state index is 0.00460. The lowest BCUT2D eigenvalue weighted by atomic mass is 9.99. The van der Waals surface area contributed by atoms with Gasteiger partial charge in [0.05, 0.1) is 13.7 Å². The van der Waals surface area contributed by atoms with Gasteiger partial charge in [-0.15, -0.1) is 0 Å². The topological polar surface area (TPSA) is 82.8 Å². The van der Waals surface area contributed by atoms with Gasteiger partial charge < -0.3 is 14.3 Å². The van der Waals surface area contributed by atoms with Crippen LogP contribution in [0.1, 0.15) is 39.2 Å². The summed E-state index contributed by atoms with van der Waals surface area (Å²) in [5.41, 5.74) is 0.961. The summed E-state index contributed by atoms with van der Waals surface area (Å²) < 4.78 is 10.5. The second-order valence-electron chi connectivity index (χ2n) is 5.81. The maximum Gasteiger partial charge on any atom is 0.412 e. The van der Waals surface area contributed by atoms with Gasteiger partial charge in [-0.3, -0.25) is 5.32 Å². The Labute approximate surface area is 125 Å². The van der Waals surface area contributed by atoms with E-state index in [2.05, 4.69) is 10.2 Å². The van der Waals surface area contributed by atoms with Crippen molar-refractivity contribution in [1.29, 1.82) is 0 Å². The number of anilines is 1. The van der Waals surface area contributed by atoms with Crippen molar-refractivity contribution in [2.24, 2.45) is 5.90 Å². The van der Waals surface area contributed by atoms with E-state index in [-0.39, 0.29) is 5.92 Å². The number of carbonyl (C=O) groups is 1. The van der Waals surface area contributed by atoms with E-state index >= 15 is 0 Å². The quantitative estimate of drug-likeness (QED) is 0.816. The molecule has 0 radical (unpaired) electrons. The number of amides is 1. The van der Waals surface area contributed by atoms with Gasteiger partial charge in [0.2, 0.25) is 0 Å². The molecule has 0 bridgehead atoms. The van der Waals surface area contributed by atoms with Gasteiger partial charge in [-0.25, -0.2) is 10.7 Å². The van der Waals surface area contributed by atoms with E-state index in [4.69, 9.17) is 15.4 Å². The van der Waals surface area contributed by atoms with Gasteiger partial charge in [0.25, 0.3) is 0 Å². The summed E-state index contributed by atoms with van der Waals surface area (Å²) in [6.45, 7) is 7.71. The summed E-state index contributed by atoms with van der Waals surface area (Å²) >= 11 is 0. The van der Waals surface area contributed by atoms with Crippen LogP contribution in [0.4, 0.5) is 10.5 Å². The van der Waals surface area contributed by atoms with Crippen LogP contribution in [0.25, 0.3) is 0 Å². The SMILES string of the molecule is COc1ccc(NC(=O)OC(C)(C)C)c(C(C)CON)c1. The molecule has 0 aliphatic rings. The van der Waals surface area contributed by atoms with Gasteiger partial charge in [-0.05, 0) is 44.5 Å². The van der Waals surface area contributed by atoms with Gasteiger partial charge in [0.1, 0.15) is 11.4 Å². The van der Waals surface area contributed by atoms with Crippen LogP contribution < -0.4 is 16.0 Å². The fourth-order valence-corrected chi connectivity index (χ4v) is 1.84. The molecule has 1 rings (SSSR count). The number of benzene rings is 1. The Hall–Kier alpha value is -1.79. The summed E-state index contributed by atoms with van der Waals surface area (Å²) in [5, 5.41) is 2.74. The molecule has 0 heterocycles. The van der Waals surface area contributed by atoms with Gasteiger partial charge in [-0.1, -0.05) is 6.92 Å². The van der Waals surface area contributed by atoms with Crippen LogP contribution in [-0.2, 0) is 9.57 Å².